The lowest BCUT2D eigenvalue weighted by atomic mass is 9.94. The Hall–Kier alpha value is -0.870. The first kappa shape index (κ1) is 15.5. The van der Waals surface area contributed by atoms with Gasteiger partial charge in [0.05, 0.1) is 5.69 Å². The molecule has 1 saturated carbocycles. The summed E-state index contributed by atoms with van der Waals surface area (Å²) in [5, 5.41) is 7.82. The lowest BCUT2D eigenvalue weighted by molar-refractivity contribution is 0.189. The van der Waals surface area contributed by atoms with E-state index in [1.807, 2.05) is 6.20 Å². The van der Waals surface area contributed by atoms with Crippen molar-refractivity contribution in [3.8, 4) is 0 Å². The molecule has 0 aliphatic heterocycles. The van der Waals surface area contributed by atoms with Crippen LogP contribution in [0.4, 0.5) is 0 Å². The summed E-state index contributed by atoms with van der Waals surface area (Å²) in [6, 6.07) is 2.94. The van der Waals surface area contributed by atoms with Crippen molar-refractivity contribution in [3.63, 3.8) is 0 Å². The van der Waals surface area contributed by atoms with Crippen molar-refractivity contribution in [2.24, 2.45) is 0 Å². The lowest BCUT2D eigenvalue weighted by Gasteiger charge is -2.31. The Morgan fingerprint density at radius 3 is 2.90 bits per heavy atom. The van der Waals surface area contributed by atoms with Gasteiger partial charge in [0.2, 0.25) is 0 Å². The number of aryl methyl sites for hydroxylation is 1. The molecule has 0 aromatic carbocycles. The topological polar surface area (TPSA) is 33.1 Å². The van der Waals surface area contributed by atoms with Gasteiger partial charge in [-0.15, -0.1) is 0 Å². The van der Waals surface area contributed by atoms with E-state index in [1.165, 1.54) is 50.8 Å². The summed E-state index contributed by atoms with van der Waals surface area (Å²) in [7, 11) is 2.29. The molecule has 0 saturated heterocycles. The molecule has 0 atom stereocenters. The zero-order valence-electron chi connectivity index (χ0n) is 13.1. The molecule has 0 bridgehead atoms. The summed E-state index contributed by atoms with van der Waals surface area (Å²) in [5.41, 5.74) is 1.29. The summed E-state index contributed by atoms with van der Waals surface area (Å²) >= 11 is 0. The molecule has 0 unspecified atom stereocenters. The SMILES string of the molecule is CCn1nccc1CNCCCN(C)C1CCCCC1. The van der Waals surface area contributed by atoms with Gasteiger partial charge in [0, 0.05) is 25.3 Å². The molecule has 1 aliphatic carbocycles. The predicted octanol–water partition coefficient (Wildman–Crippen LogP) is 2.65. The van der Waals surface area contributed by atoms with Crippen molar-refractivity contribution in [2.45, 2.75) is 64.6 Å². The normalized spacial score (nSPS) is 16.9. The van der Waals surface area contributed by atoms with E-state index in [-0.39, 0.29) is 0 Å². The zero-order valence-corrected chi connectivity index (χ0v) is 13.1. The fourth-order valence-electron chi connectivity index (χ4n) is 3.17. The smallest absolute Gasteiger partial charge is 0.0521 e. The average molecular weight is 278 g/mol. The summed E-state index contributed by atoms with van der Waals surface area (Å²) in [6.07, 6.45) is 10.2. The number of hydrogen-bond donors (Lipinski definition) is 1. The first-order valence-corrected chi connectivity index (χ1v) is 8.23. The third kappa shape index (κ3) is 4.60. The molecule has 1 heterocycles. The van der Waals surface area contributed by atoms with Gasteiger partial charge in [-0.1, -0.05) is 19.3 Å². The van der Waals surface area contributed by atoms with E-state index in [0.29, 0.717) is 0 Å². The Morgan fingerprint density at radius 2 is 2.15 bits per heavy atom. The van der Waals surface area contributed by atoms with Gasteiger partial charge in [-0.25, -0.2) is 0 Å². The van der Waals surface area contributed by atoms with Gasteiger partial charge in [0.15, 0.2) is 0 Å². The van der Waals surface area contributed by atoms with Crippen molar-refractivity contribution in [2.75, 3.05) is 20.1 Å². The van der Waals surface area contributed by atoms with Crippen LogP contribution in [0.5, 0.6) is 0 Å². The standard InChI is InChI=1S/C16H30N4/c1-3-20-16(10-12-18-20)14-17-11-7-13-19(2)15-8-5-4-6-9-15/h10,12,15,17H,3-9,11,13-14H2,1-2H3. The number of nitrogens with zero attached hydrogens (tertiary/aromatic N) is 3. The second kappa shape index (κ2) is 8.42. The molecule has 2 rings (SSSR count). The minimum absolute atomic E-state index is 0.838. The molecule has 1 fully saturated rings. The quantitative estimate of drug-likeness (QED) is 0.742. The highest BCUT2D eigenvalue weighted by Crippen LogP contribution is 2.21. The molecule has 1 aliphatic rings. The first-order valence-electron chi connectivity index (χ1n) is 8.23. The largest absolute Gasteiger partial charge is 0.311 e. The van der Waals surface area contributed by atoms with Gasteiger partial charge >= 0.3 is 0 Å². The van der Waals surface area contributed by atoms with Crippen molar-refractivity contribution in [1.82, 2.24) is 20.0 Å². The van der Waals surface area contributed by atoms with Crippen molar-refractivity contribution in [3.05, 3.63) is 18.0 Å². The number of nitrogens with one attached hydrogen (secondary N) is 1. The van der Waals surface area contributed by atoms with E-state index < -0.39 is 0 Å². The van der Waals surface area contributed by atoms with Crippen LogP contribution in [-0.2, 0) is 13.1 Å². The highest BCUT2D eigenvalue weighted by Gasteiger charge is 2.17. The minimum atomic E-state index is 0.838. The maximum absolute atomic E-state index is 4.29. The molecule has 0 radical (unpaired) electrons. The van der Waals surface area contributed by atoms with E-state index in [0.717, 1.165) is 25.7 Å². The molecular weight excluding hydrogens is 248 g/mol. The van der Waals surface area contributed by atoms with E-state index in [9.17, 15) is 0 Å². The van der Waals surface area contributed by atoms with Crippen molar-refractivity contribution >= 4 is 0 Å². The van der Waals surface area contributed by atoms with Crippen LogP contribution >= 0.6 is 0 Å². The third-order valence-corrected chi connectivity index (χ3v) is 4.47. The van der Waals surface area contributed by atoms with Gasteiger partial charge in [0.25, 0.3) is 0 Å². The summed E-state index contributed by atoms with van der Waals surface area (Å²) < 4.78 is 2.06. The fraction of sp³-hybridized carbons (Fsp3) is 0.812. The maximum Gasteiger partial charge on any atom is 0.0521 e. The van der Waals surface area contributed by atoms with Gasteiger partial charge in [-0.2, -0.15) is 5.10 Å². The molecule has 20 heavy (non-hydrogen) atoms. The van der Waals surface area contributed by atoms with Gasteiger partial charge in [0.1, 0.15) is 0 Å². The highest BCUT2D eigenvalue weighted by molar-refractivity contribution is 4.99. The zero-order chi connectivity index (χ0) is 14.2. The monoisotopic (exact) mass is 278 g/mol. The molecule has 0 amide bonds. The van der Waals surface area contributed by atoms with Gasteiger partial charge < -0.3 is 10.2 Å². The Kier molecular flexibility index (Phi) is 6.54. The predicted molar refractivity (Wildman–Crippen MR) is 83.7 cm³/mol. The van der Waals surface area contributed by atoms with Crippen LogP contribution in [0.3, 0.4) is 0 Å². The van der Waals surface area contributed by atoms with E-state index in [1.54, 1.807) is 0 Å². The van der Waals surface area contributed by atoms with Crippen LogP contribution in [0.1, 0.15) is 51.1 Å². The summed E-state index contributed by atoms with van der Waals surface area (Å²) in [6.45, 7) is 6.32. The Balaban J connectivity index is 1.57. The molecule has 0 spiro atoms. The van der Waals surface area contributed by atoms with Crippen molar-refractivity contribution in [1.29, 1.82) is 0 Å². The fourth-order valence-corrected chi connectivity index (χ4v) is 3.17. The second-order valence-corrected chi connectivity index (χ2v) is 5.94. The molecule has 1 aromatic heterocycles. The third-order valence-electron chi connectivity index (χ3n) is 4.47. The molecule has 1 N–H and O–H groups in total. The van der Waals surface area contributed by atoms with Crippen LogP contribution in [0.25, 0.3) is 0 Å². The second-order valence-electron chi connectivity index (χ2n) is 5.94. The Labute approximate surface area is 123 Å². The lowest BCUT2D eigenvalue weighted by Crippen LogP contribution is -2.35. The number of aromatic nitrogens is 2. The van der Waals surface area contributed by atoms with Crippen LogP contribution in [-0.4, -0.2) is 40.9 Å². The van der Waals surface area contributed by atoms with Gasteiger partial charge in [-0.05, 0) is 52.4 Å². The average Bonchev–Trinajstić information content (AvgIpc) is 2.95. The molecule has 114 valence electrons. The van der Waals surface area contributed by atoms with Crippen molar-refractivity contribution < 1.29 is 0 Å². The van der Waals surface area contributed by atoms with E-state index in [4.69, 9.17) is 0 Å². The summed E-state index contributed by atoms with van der Waals surface area (Å²) in [5.74, 6) is 0. The summed E-state index contributed by atoms with van der Waals surface area (Å²) in [4.78, 5) is 2.57. The van der Waals surface area contributed by atoms with Crippen LogP contribution in [0.2, 0.25) is 0 Å². The van der Waals surface area contributed by atoms with E-state index >= 15 is 0 Å². The first-order chi connectivity index (χ1) is 9.81. The minimum Gasteiger partial charge on any atom is -0.311 e. The molecule has 4 heteroatoms. The van der Waals surface area contributed by atoms with Crippen LogP contribution < -0.4 is 5.32 Å². The van der Waals surface area contributed by atoms with Gasteiger partial charge in [-0.3, -0.25) is 4.68 Å². The number of hydrogen-bond acceptors (Lipinski definition) is 3. The maximum atomic E-state index is 4.29. The Bertz CT molecular complexity index is 368. The Morgan fingerprint density at radius 1 is 1.35 bits per heavy atom. The number of rotatable bonds is 8. The molecule has 4 nitrogen and oxygen atoms in total. The molecular formula is C16H30N4. The van der Waals surface area contributed by atoms with Crippen LogP contribution in [0, 0.1) is 0 Å². The van der Waals surface area contributed by atoms with Crippen LogP contribution in [0.15, 0.2) is 12.3 Å². The molecule has 1 aromatic rings. The highest BCUT2D eigenvalue weighted by atomic mass is 15.3. The van der Waals surface area contributed by atoms with E-state index in [2.05, 4.69) is 40.0 Å².